The van der Waals surface area contributed by atoms with E-state index in [0.29, 0.717) is 13.0 Å². The molecule has 1 amide bonds. The third kappa shape index (κ3) is 4.03. The number of benzene rings is 1. The van der Waals surface area contributed by atoms with Crippen molar-refractivity contribution < 1.29 is 9.90 Å². The number of aliphatic hydroxyl groups is 1. The Bertz CT molecular complexity index is 348. The van der Waals surface area contributed by atoms with Crippen LogP contribution in [-0.2, 0) is 0 Å². The number of rotatable bonds is 5. The molecule has 88 valence electrons. The molecule has 0 radical (unpaired) electrons. The van der Waals surface area contributed by atoms with E-state index in [1.807, 2.05) is 31.2 Å². The maximum Gasteiger partial charge on any atom is 0.251 e. The molecule has 2 N–H and O–H groups in total. The van der Waals surface area contributed by atoms with Gasteiger partial charge in [-0.05, 0) is 38.3 Å². The third-order valence-corrected chi connectivity index (χ3v) is 2.47. The van der Waals surface area contributed by atoms with Gasteiger partial charge in [0.25, 0.3) is 5.91 Å². The Morgan fingerprint density at radius 1 is 1.44 bits per heavy atom. The molecule has 1 rings (SSSR count). The van der Waals surface area contributed by atoms with Crippen molar-refractivity contribution >= 4 is 5.91 Å². The van der Waals surface area contributed by atoms with Crippen LogP contribution in [0.15, 0.2) is 24.3 Å². The summed E-state index contributed by atoms with van der Waals surface area (Å²) >= 11 is 0. The molecule has 1 aromatic carbocycles. The average Bonchev–Trinajstić information content (AvgIpc) is 2.24. The van der Waals surface area contributed by atoms with Crippen molar-refractivity contribution in [3.63, 3.8) is 0 Å². The molecule has 1 unspecified atom stereocenters. The van der Waals surface area contributed by atoms with Crippen LogP contribution in [0.2, 0.25) is 0 Å². The van der Waals surface area contributed by atoms with Gasteiger partial charge in [0.2, 0.25) is 0 Å². The monoisotopic (exact) mass is 221 g/mol. The van der Waals surface area contributed by atoms with Gasteiger partial charge in [-0.25, -0.2) is 0 Å². The van der Waals surface area contributed by atoms with Crippen molar-refractivity contribution in [3.8, 4) is 0 Å². The summed E-state index contributed by atoms with van der Waals surface area (Å²) in [5.41, 5.74) is 1.70. The smallest absolute Gasteiger partial charge is 0.251 e. The summed E-state index contributed by atoms with van der Waals surface area (Å²) in [4.78, 5) is 11.7. The van der Waals surface area contributed by atoms with Crippen molar-refractivity contribution in [3.05, 3.63) is 35.4 Å². The van der Waals surface area contributed by atoms with Crippen LogP contribution >= 0.6 is 0 Å². The van der Waals surface area contributed by atoms with Gasteiger partial charge in [0.15, 0.2) is 0 Å². The van der Waals surface area contributed by atoms with Crippen LogP contribution in [-0.4, -0.2) is 23.7 Å². The van der Waals surface area contributed by atoms with E-state index in [-0.39, 0.29) is 12.0 Å². The largest absolute Gasteiger partial charge is 0.393 e. The van der Waals surface area contributed by atoms with Crippen LogP contribution in [0.25, 0.3) is 0 Å². The highest BCUT2D eigenvalue weighted by Gasteiger charge is 2.06. The number of amides is 1. The second-order valence-corrected chi connectivity index (χ2v) is 4.06. The van der Waals surface area contributed by atoms with Gasteiger partial charge >= 0.3 is 0 Å². The normalized spacial score (nSPS) is 12.2. The molecule has 3 nitrogen and oxygen atoms in total. The standard InChI is InChI=1S/C13H19NO2/c1-10-6-3-4-8-12(10)13(16)14-9-5-7-11(2)15/h3-4,6,8,11,15H,5,7,9H2,1-2H3,(H,14,16). The summed E-state index contributed by atoms with van der Waals surface area (Å²) in [6, 6.07) is 7.52. The maximum absolute atomic E-state index is 11.7. The minimum Gasteiger partial charge on any atom is -0.393 e. The molecule has 1 atom stereocenters. The maximum atomic E-state index is 11.7. The van der Waals surface area contributed by atoms with Crippen molar-refractivity contribution in [1.82, 2.24) is 5.32 Å². The third-order valence-electron chi connectivity index (χ3n) is 2.47. The van der Waals surface area contributed by atoms with Gasteiger partial charge < -0.3 is 10.4 Å². The zero-order valence-electron chi connectivity index (χ0n) is 9.86. The zero-order chi connectivity index (χ0) is 12.0. The molecule has 0 aliphatic carbocycles. The molecule has 0 bridgehead atoms. The summed E-state index contributed by atoms with van der Waals surface area (Å²) in [6.45, 7) is 4.28. The number of carbonyl (C=O) groups is 1. The van der Waals surface area contributed by atoms with E-state index in [1.165, 1.54) is 0 Å². The molecular formula is C13H19NO2. The van der Waals surface area contributed by atoms with E-state index >= 15 is 0 Å². The van der Waals surface area contributed by atoms with E-state index in [9.17, 15) is 4.79 Å². The summed E-state index contributed by atoms with van der Waals surface area (Å²) in [5.74, 6) is -0.0382. The second kappa shape index (κ2) is 6.28. The highest BCUT2D eigenvalue weighted by molar-refractivity contribution is 5.95. The Morgan fingerprint density at radius 2 is 2.12 bits per heavy atom. The van der Waals surface area contributed by atoms with Crippen LogP contribution in [0.5, 0.6) is 0 Å². The first-order valence-corrected chi connectivity index (χ1v) is 5.63. The lowest BCUT2D eigenvalue weighted by Gasteiger charge is -2.08. The molecule has 16 heavy (non-hydrogen) atoms. The molecule has 0 saturated heterocycles. The quantitative estimate of drug-likeness (QED) is 0.746. The molecular weight excluding hydrogens is 202 g/mol. The minimum atomic E-state index is -0.296. The molecule has 0 saturated carbocycles. The van der Waals surface area contributed by atoms with E-state index in [0.717, 1.165) is 17.5 Å². The Kier molecular flexibility index (Phi) is 4.99. The van der Waals surface area contributed by atoms with Crippen LogP contribution in [0.3, 0.4) is 0 Å². The van der Waals surface area contributed by atoms with Gasteiger partial charge in [0, 0.05) is 12.1 Å². The Morgan fingerprint density at radius 3 is 2.75 bits per heavy atom. The molecule has 3 heteroatoms. The first kappa shape index (κ1) is 12.7. The van der Waals surface area contributed by atoms with Crippen molar-refractivity contribution in [2.24, 2.45) is 0 Å². The van der Waals surface area contributed by atoms with Gasteiger partial charge in [0.05, 0.1) is 6.10 Å². The number of hydrogen-bond acceptors (Lipinski definition) is 2. The lowest BCUT2D eigenvalue weighted by Crippen LogP contribution is -2.25. The van der Waals surface area contributed by atoms with Gasteiger partial charge in [-0.1, -0.05) is 18.2 Å². The molecule has 0 aliphatic heterocycles. The van der Waals surface area contributed by atoms with Crippen molar-refractivity contribution in [2.45, 2.75) is 32.8 Å². The lowest BCUT2D eigenvalue weighted by atomic mass is 10.1. The molecule has 0 aliphatic rings. The molecule has 1 aromatic rings. The summed E-state index contributed by atoms with van der Waals surface area (Å²) < 4.78 is 0. The predicted molar refractivity (Wildman–Crippen MR) is 64.4 cm³/mol. The number of hydrogen-bond donors (Lipinski definition) is 2. The van der Waals surface area contributed by atoms with Gasteiger partial charge in [-0.15, -0.1) is 0 Å². The van der Waals surface area contributed by atoms with E-state index in [2.05, 4.69) is 5.32 Å². The highest BCUT2D eigenvalue weighted by atomic mass is 16.3. The molecule has 0 spiro atoms. The molecule has 0 heterocycles. The fourth-order valence-corrected chi connectivity index (χ4v) is 1.52. The van der Waals surface area contributed by atoms with Crippen molar-refractivity contribution in [2.75, 3.05) is 6.54 Å². The van der Waals surface area contributed by atoms with E-state index in [4.69, 9.17) is 5.11 Å². The Hall–Kier alpha value is -1.35. The van der Waals surface area contributed by atoms with Crippen LogP contribution in [0.4, 0.5) is 0 Å². The van der Waals surface area contributed by atoms with E-state index in [1.54, 1.807) is 6.92 Å². The second-order valence-electron chi connectivity index (χ2n) is 4.06. The fourth-order valence-electron chi connectivity index (χ4n) is 1.52. The van der Waals surface area contributed by atoms with Crippen LogP contribution in [0.1, 0.15) is 35.7 Å². The first-order valence-electron chi connectivity index (χ1n) is 5.63. The zero-order valence-corrected chi connectivity index (χ0v) is 9.86. The minimum absolute atomic E-state index is 0.0382. The van der Waals surface area contributed by atoms with Gasteiger partial charge in [-0.2, -0.15) is 0 Å². The summed E-state index contributed by atoms with van der Waals surface area (Å²) in [6.07, 6.45) is 1.22. The summed E-state index contributed by atoms with van der Waals surface area (Å²) in [7, 11) is 0. The topological polar surface area (TPSA) is 49.3 Å². The van der Waals surface area contributed by atoms with Crippen LogP contribution < -0.4 is 5.32 Å². The number of aryl methyl sites for hydroxylation is 1. The predicted octanol–water partition coefficient (Wildman–Crippen LogP) is 1.89. The fraction of sp³-hybridized carbons (Fsp3) is 0.462. The first-order chi connectivity index (χ1) is 7.61. The SMILES string of the molecule is Cc1ccccc1C(=O)NCCCC(C)O. The number of carbonyl (C=O) groups excluding carboxylic acids is 1. The van der Waals surface area contributed by atoms with Crippen LogP contribution in [0, 0.1) is 6.92 Å². The lowest BCUT2D eigenvalue weighted by molar-refractivity contribution is 0.0949. The Balaban J connectivity index is 2.39. The molecule has 0 aromatic heterocycles. The van der Waals surface area contributed by atoms with Gasteiger partial charge in [-0.3, -0.25) is 4.79 Å². The summed E-state index contributed by atoms with van der Waals surface area (Å²) in [5, 5.41) is 11.9. The van der Waals surface area contributed by atoms with Crippen molar-refractivity contribution in [1.29, 1.82) is 0 Å². The van der Waals surface area contributed by atoms with Gasteiger partial charge in [0.1, 0.15) is 0 Å². The molecule has 0 fully saturated rings. The Labute approximate surface area is 96.5 Å². The van der Waals surface area contributed by atoms with E-state index < -0.39 is 0 Å². The number of aliphatic hydroxyl groups excluding tert-OH is 1. The number of nitrogens with one attached hydrogen (secondary N) is 1. The average molecular weight is 221 g/mol. The highest BCUT2D eigenvalue weighted by Crippen LogP contribution is 2.06.